The highest BCUT2D eigenvalue weighted by atomic mass is 19.4. The summed E-state index contributed by atoms with van der Waals surface area (Å²) in [6.07, 6.45) is -4.40. The molecule has 6 heteroatoms. The van der Waals surface area contributed by atoms with Gasteiger partial charge in [0.15, 0.2) is 0 Å². The van der Waals surface area contributed by atoms with Gasteiger partial charge < -0.3 is 10.0 Å². The average Bonchev–Trinajstić information content (AvgIpc) is 2.01. The zero-order chi connectivity index (χ0) is 10.9. The van der Waals surface area contributed by atoms with Gasteiger partial charge in [0.2, 0.25) is 0 Å². The van der Waals surface area contributed by atoms with E-state index in [1.165, 1.54) is 6.92 Å². The molecular weight excluding hydrogens is 196 g/mol. The number of hydrogen-bond acceptors (Lipinski definition) is 2. The largest absolute Gasteiger partial charge is 0.488 e. The molecule has 0 saturated heterocycles. The van der Waals surface area contributed by atoms with Gasteiger partial charge in [0.25, 0.3) is 0 Å². The van der Waals surface area contributed by atoms with E-state index in [-0.39, 0.29) is 11.0 Å². The fraction of sp³-hybridized carbons (Fsp3) is 0.250. The molecule has 0 radical (unpaired) electrons. The lowest BCUT2D eigenvalue weighted by atomic mass is 9.79. The zero-order valence-electron chi connectivity index (χ0n) is 7.34. The van der Waals surface area contributed by atoms with Crippen LogP contribution in [-0.2, 0) is 6.18 Å². The summed E-state index contributed by atoms with van der Waals surface area (Å²) in [7, 11) is -1.74. The molecule has 1 rings (SSSR count). The van der Waals surface area contributed by atoms with Crippen molar-refractivity contribution in [1.82, 2.24) is 0 Å². The summed E-state index contributed by atoms with van der Waals surface area (Å²) in [5.74, 6) is 0. The third kappa shape index (κ3) is 2.27. The minimum absolute atomic E-state index is 0.0249. The standard InChI is InChI=1S/C8H8BF3O2/c1-5-4-6(9(13)14)2-3-7(5)8(10,11)12/h2-4,13-14H,1H3. The fourth-order valence-electron chi connectivity index (χ4n) is 1.17. The van der Waals surface area contributed by atoms with Crippen LogP contribution >= 0.6 is 0 Å². The Morgan fingerprint density at radius 3 is 2.14 bits per heavy atom. The lowest BCUT2D eigenvalue weighted by Crippen LogP contribution is -2.30. The molecule has 0 saturated carbocycles. The Labute approximate surface area is 79.1 Å². The zero-order valence-corrected chi connectivity index (χ0v) is 7.34. The molecule has 0 aliphatic carbocycles. The predicted molar refractivity (Wildman–Crippen MR) is 46.0 cm³/mol. The van der Waals surface area contributed by atoms with E-state index in [1.54, 1.807) is 0 Å². The minimum Gasteiger partial charge on any atom is -0.423 e. The van der Waals surface area contributed by atoms with E-state index in [9.17, 15) is 13.2 Å². The van der Waals surface area contributed by atoms with Crippen LogP contribution in [0.3, 0.4) is 0 Å². The van der Waals surface area contributed by atoms with Crippen LogP contribution in [0.1, 0.15) is 11.1 Å². The first-order valence-corrected chi connectivity index (χ1v) is 3.86. The third-order valence-corrected chi connectivity index (χ3v) is 1.85. The second-order valence-corrected chi connectivity index (χ2v) is 2.95. The van der Waals surface area contributed by atoms with E-state index in [2.05, 4.69) is 0 Å². The van der Waals surface area contributed by atoms with E-state index in [4.69, 9.17) is 10.0 Å². The molecule has 0 aliphatic rings. The molecule has 0 unspecified atom stereocenters. The number of rotatable bonds is 1. The quantitative estimate of drug-likeness (QED) is 0.660. The highest BCUT2D eigenvalue weighted by molar-refractivity contribution is 6.58. The van der Waals surface area contributed by atoms with E-state index >= 15 is 0 Å². The van der Waals surface area contributed by atoms with Crippen LogP contribution in [0.4, 0.5) is 13.2 Å². The van der Waals surface area contributed by atoms with Gasteiger partial charge in [-0.25, -0.2) is 0 Å². The molecular formula is C8H8BF3O2. The van der Waals surface area contributed by atoms with Gasteiger partial charge in [-0.15, -0.1) is 0 Å². The summed E-state index contributed by atoms with van der Waals surface area (Å²) < 4.78 is 36.8. The average molecular weight is 204 g/mol. The minimum atomic E-state index is -4.40. The molecule has 0 aromatic heterocycles. The van der Waals surface area contributed by atoms with Crippen molar-refractivity contribution in [2.45, 2.75) is 13.1 Å². The Bertz CT molecular complexity index is 336. The van der Waals surface area contributed by atoms with E-state index in [0.717, 1.165) is 18.2 Å². The maximum atomic E-state index is 12.3. The van der Waals surface area contributed by atoms with Gasteiger partial charge in [0, 0.05) is 0 Å². The van der Waals surface area contributed by atoms with Gasteiger partial charge in [0.1, 0.15) is 0 Å². The van der Waals surface area contributed by atoms with Crippen molar-refractivity contribution in [3.63, 3.8) is 0 Å². The molecule has 76 valence electrons. The maximum absolute atomic E-state index is 12.3. The molecule has 0 bridgehead atoms. The van der Waals surface area contributed by atoms with Crippen LogP contribution in [0.15, 0.2) is 18.2 Å². The normalized spacial score (nSPS) is 11.6. The molecule has 14 heavy (non-hydrogen) atoms. The number of benzene rings is 1. The molecule has 0 heterocycles. The van der Waals surface area contributed by atoms with Gasteiger partial charge in [-0.3, -0.25) is 0 Å². The Morgan fingerprint density at radius 2 is 1.79 bits per heavy atom. The molecule has 0 atom stereocenters. The Hall–Kier alpha value is -1.01. The first kappa shape index (κ1) is 11.1. The Kier molecular flexibility index (Phi) is 2.87. The topological polar surface area (TPSA) is 40.5 Å². The molecule has 2 nitrogen and oxygen atoms in total. The van der Waals surface area contributed by atoms with Crippen LogP contribution in [0.25, 0.3) is 0 Å². The number of alkyl halides is 3. The molecule has 1 aromatic carbocycles. The molecule has 0 aliphatic heterocycles. The lowest BCUT2D eigenvalue weighted by molar-refractivity contribution is -0.138. The van der Waals surface area contributed by atoms with Crippen molar-refractivity contribution in [2.75, 3.05) is 0 Å². The van der Waals surface area contributed by atoms with Gasteiger partial charge in [-0.2, -0.15) is 13.2 Å². The first-order chi connectivity index (χ1) is 6.32. The number of hydrogen-bond donors (Lipinski definition) is 2. The SMILES string of the molecule is Cc1cc(B(O)O)ccc1C(F)(F)F. The summed E-state index contributed by atoms with van der Waals surface area (Å²) in [4.78, 5) is 0. The molecule has 0 amide bonds. The van der Waals surface area contributed by atoms with Crippen molar-refractivity contribution < 1.29 is 23.2 Å². The summed E-state index contributed by atoms with van der Waals surface area (Å²) in [5.41, 5.74) is -0.736. The summed E-state index contributed by atoms with van der Waals surface area (Å²) in [5, 5.41) is 17.4. The molecule has 2 N–H and O–H groups in total. The van der Waals surface area contributed by atoms with Crippen LogP contribution in [-0.4, -0.2) is 17.2 Å². The van der Waals surface area contributed by atoms with Crippen molar-refractivity contribution >= 4 is 12.6 Å². The lowest BCUT2D eigenvalue weighted by Gasteiger charge is -2.11. The second-order valence-electron chi connectivity index (χ2n) is 2.95. The highest BCUT2D eigenvalue weighted by Gasteiger charge is 2.32. The molecule has 1 aromatic rings. The number of aryl methyl sites for hydroxylation is 1. The highest BCUT2D eigenvalue weighted by Crippen LogP contribution is 2.30. The van der Waals surface area contributed by atoms with Crippen LogP contribution in [0.5, 0.6) is 0 Å². The second kappa shape index (κ2) is 3.63. The van der Waals surface area contributed by atoms with Crippen molar-refractivity contribution in [2.24, 2.45) is 0 Å². The maximum Gasteiger partial charge on any atom is 0.488 e. The van der Waals surface area contributed by atoms with Crippen molar-refractivity contribution in [1.29, 1.82) is 0 Å². The van der Waals surface area contributed by atoms with Crippen molar-refractivity contribution in [3.05, 3.63) is 29.3 Å². The van der Waals surface area contributed by atoms with Crippen molar-refractivity contribution in [3.8, 4) is 0 Å². The summed E-state index contributed by atoms with van der Waals surface area (Å²) >= 11 is 0. The van der Waals surface area contributed by atoms with Gasteiger partial charge >= 0.3 is 13.3 Å². The van der Waals surface area contributed by atoms with E-state index < -0.39 is 18.9 Å². The summed E-state index contributed by atoms with van der Waals surface area (Å²) in [6, 6.07) is 2.98. The smallest absolute Gasteiger partial charge is 0.423 e. The van der Waals surface area contributed by atoms with Crippen LogP contribution in [0, 0.1) is 6.92 Å². The van der Waals surface area contributed by atoms with Crippen LogP contribution in [0.2, 0.25) is 0 Å². The molecule has 0 spiro atoms. The monoisotopic (exact) mass is 204 g/mol. The Balaban J connectivity index is 3.15. The molecule has 0 fully saturated rings. The first-order valence-electron chi connectivity index (χ1n) is 3.86. The van der Waals surface area contributed by atoms with Crippen LogP contribution < -0.4 is 5.46 Å². The third-order valence-electron chi connectivity index (χ3n) is 1.85. The summed E-state index contributed by atoms with van der Waals surface area (Å²) in [6.45, 7) is 1.27. The van der Waals surface area contributed by atoms with Gasteiger partial charge in [-0.05, 0) is 17.9 Å². The van der Waals surface area contributed by atoms with E-state index in [0.29, 0.717) is 0 Å². The predicted octanol–water partition coefficient (Wildman–Crippen LogP) is 0.694. The van der Waals surface area contributed by atoms with E-state index in [1.807, 2.05) is 0 Å². The Morgan fingerprint density at radius 1 is 1.21 bits per heavy atom. The van der Waals surface area contributed by atoms with Gasteiger partial charge in [-0.1, -0.05) is 18.2 Å². The number of halogens is 3. The van der Waals surface area contributed by atoms with Gasteiger partial charge in [0.05, 0.1) is 5.56 Å². The fourth-order valence-corrected chi connectivity index (χ4v) is 1.17.